The first-order valence-electron chi connectivity index (χ1n) is 5.61. The topological polar surface area (TPSA) is 72.9 Å². The third-order valence-electron chi connectivity index (χ3n) is 2.41. The van der Waals surface area contributed by atoms with E-state index in [-0.39, 0.29) is 11.9 Å². The van der Waals surface area contributed by atoms with Gasteiger partial charge in [0.15, 0.2) is 0 Å². The summed E-state index contributed by atoms with van der Waals surface area (Å²) in [5.41, 5.74) is 7.13. The molecule has 0 aliphatic carbocycles. The summed E-state index contributed by atoms with van der Waals surface area (Å²) in [7, 11) is 1.78. The van der Waals surface area contributed by atoms with E-state index < -0.39 is 0 Å². The van der Waals surface area contributed by atoms with Crippen LogP contribution in [0.15, 0.2) is 6.07 Å². The predicted molar refractivity (Wildman–Crippen MR) is 63.2 cm³/mol. The van der Waals surface area contributed by atoms with Crippen LogP contribution in [-0.4, -0.2) is 28.3 Å². The van der Waals surface area contributed by atoms with E-state index in [4.69, 9.17) is 5.73 Å². The number of nitrogens with one attached hydrogen (secondary N) is 1. The molecule has 1 atom stereocenters. The molecular formula is C11H20N4O. The quantitative estimate of drug-likeness (QED) is 0.762. The number of carbonyl (C=O) groups is 1. The van der Waals surface area contributed by atoms with E-state index in [1.807, 2.05) is 19.9 Å². The van der Waals surface area contributed by atoms with Gasteiger partial charge in [-0.25, -0.2) is 0 Å². The summed E-state index contributed by atoms with van der Waals surface area (Å²) in [5, 5.41) is 7.05. The number of amides is 1. The van der Waals surface area contributed by atoms with Crippen LogP contribution in [0, 0.1) is 0 Å². The van der Waals surface area contributed by atoms with Gasteiger partial charge in [0, 0.05) is 19.6 Å². The highest BCUT2D eigenvalue weighted by Gasteiger charge is 2.11. The Morgan fingerprint density at radius 2 is 2.38 bits per heavy atom. The Kier molecular flexibility index (Phi) is 4.49. The number of carbonyl (C=O) groups excluding carboxylic acids is 1. The SMILES string of the molecule is CCc1cc(C(=O)NCCC(C)N)n(C)n1. The molecule has 90 valence electrons. The fourth-order valence-corrected chi connectivity index (χ4v) is 1.42. The maximum absolute atomic E-state index is 11.8. The number of aromatic nitrogens is 2. The van der Waals surface area contributed by atoms with Crippen molar-refractivity contribution in [2.24, 2.45) is 12.8 Å². The van der Waals surface area contributed by atoms with Crippen LogP contribution >= 0.6 is 0 Å². The number of hydrogen-bond donors (Lipinski definition) is 2. The van der Waals surface area contributed by atoms with Gasteiger partial charge in [0.25, 0.3) is 5.91 Å². The predicted octanol–water partition coefficient (Wildman–Crippen LogP) is 0.450. The molecule has 0 aromatic carbocycles. The molecule has 0 saturated carbocycles. The van der Waals surface area contributed by atoms with E-state index in [0.29, 0.717) is 12.2 Å². The van der Waals surface area contributed by atoms with Crippen molar-refractivity contribution in [1.29, 1.82) is 0 Å². The highest BCUT2D eigenvalue weighted by molar-refractivity contribution is 5.92. The van der Waals surface area contributed by atoms with Crippen molar-refractivity contribution in [1.82, 2.24) is 15.1 Å². The van der Waals surface area contributed by atoms with Gasteiger partial charge < -0.3 is 11.1 Å². The molecule has 1 rings (SSSR count). The first kappa shape index (κ1) is 12.7. The molecule has 16 heavy (non-hydrogen) atoms. The van der Waals surface area contributed by atoms with Crippen LogP contribution < -0.4 is 11.1 Å². The second-order valence-corrected chi connectivity index (χ2v) is 4.02. The van der Waals surface area contributed by atoms with Gasteiger partial charge in [-0.05, 0) is 25.8 Å². The molecule has 1 unspecified atom stereocenters. The van der Waals surface area contributed by atoms with Crippen LogP contribution in [0.5, 0.6) is 0 Å². The average molecular weight is 224 g/mol. The van der Waals surface area contributed by atoms with E-state index in [0.717, 1.165) is 18.5 Å². The molecule has 1 heterocycles. The Hall–Kier alpha value is -1.36. The van der Waals surface area contributed by atoms with Gasteiger partial charge in [-0.1, -0.05) is 6.92 Å². The Morgan fingerprint density at radius 1 is 1.69 bits per heavy atom. The molecule has 1 amide bonds. The van der Waals surface area contributed by atoms with Crippen molar-refractivity contribution in [2.75, 3.05) is 6.54 Å². The Balaban J connectivity index is 2.55. The summed E-state index contributed by atoms with van der Waals surface area (Å²) in [6.45, 7) is 4.54. The maximum Gasteiger partial charge on any atom is 0.269 e. The minimum Gasteiger partial charge on any atom is -0.351 e. The van der Waals surface area contributed by atoms with Crippen LogP contribution in [0.1, 0.15) is 36.5 Å². The molecular weight excluding hydrogens is 204 g/mol. The molecule has 5 heteroatoms. The van der Waals surface area contributed by atoms with E-state index in [2.05, 4.69) is 10.4 Å². The van der Waals surface area contributed by atoms with Crippen molar-refractivity contribution in [2.45, 2.75) is 32.7 Å². The van der Waals surface area contributed by atoms with Crippen LogP contribution in [0.25, 0.3) is 0 Å². The van der Waals surface area contributed by atoms with Gasteiger partial charge in [-0.3, -0.25) is 9.48 Å². The lowest BCUT2D eigenvalue weighted by Crippen LogP contribution is -2.30. The standard InChI is InChI=1S/C11H20N4O/c1-4-9-7-10(15(3)14-9)11(16)13-6-5-8(2)12/h7-8H,4-6,12H2,1-3H3,(H,13,16). The smallest absolute Gasteiger partial charge is 0.269 e. The van der Waals surface area contributed by atoms with Crippen LogP contribution in [-0.2, 0) is 13.5 Å². The zero-order valence-corrected chi connectivity index (χ0v) is 10.2. The zero-order chi connectivity index (χ0) is 12.1. The molecule has 0 radical (unpaired) electrons. The molecule has 0 aliphatic heterocycles. The second kappa shape index (κ2) is 5.65. The van der Waals surface area contributed by atoms with Crippen molar-refractivity contribution in [3.05, 3.63) is 17.5 Å². The Bertz CT molecular complexity index is 357. The van der Waals surface area contributed by atoms with Crippen molar-refractivity contribution in [3.63, 3.8) is 0 Å². The van der Waals surface area contributed by atoms with Gasteiger partial charge in [0.1, 0.15) is 5.69 Å². The molecule has 0 fully saturated rings. The summed E-state index contributed by atoms with van der Waals surface area (Å²) < 4.78 is 1.61. The van der Waals surface area contributed by atoms with E-state index in [9.17, 15) is 4.79 Å². The van der Waals surface area contributed by atoms with E-state index in [1.165, 1.54) is 0 Å². The van der Waals surface area contributed by atoms with Crippen molar-refractivity contribution >= 4 is 5.91 Å². The van der Waals surface area contributed by atoms with Gasteiger partial charge >= 0.3 is 0 Å². The lowest BCUT2D eigenvalue weighted by Gasteiger charge is -2.06. The third-order valence-corrected chi connectivity index (χ3v) is 2.41. The molecule has 0 saturated heterocycles. The largest absolute Gasteiger partial charge is 0.351 e. The van der Waals surface area contributed by atoms with Gasteiger partial charge in [-0.2, -0.15) is 5.10 Å². The maximum atomic E-state index is 11.8. The van der Waals surface area contributed by atoms with Gasteiger partial charge in [0.05, 0.1) is 5.69 Å². The number of nitrogens with zero attached hydrogens (tertiary/aromatic N) is 2. The normalized spacial score (nSPS) is 12.5. The fraction of sp³-hybridized carbons (Fsp3) is 0.636. The first-order valence-corrected chi connectivity index (χ1v) is 5.61. The number of rotatable bonds is 5. The minimum atomic E-state index is -0.0876. The molecule has 0 spiro atoms. The lowest BCUT2D eigenvalue weighted by atomic mass is 10.2. The summed E-state index contributed by atoms with van der Waals surface area (Å²) in [6, 6.07) is 1.93. The Morgan fingerprint density at radius 3 is 2.88 bits per heavy atom. The molecule has 5 nitrogen and oxygen atoms in total. The summed E-state index contributed by atoms with van der Waals surface area (Å²) in [4.78, 5) is 11.8. The van der Waals surface area contributed by atoms with E-state index >= 15 is 0 Å². The van der Waals surface area contributed by atoms with Crippen LogP contribution in [0.2, 0.25) is 0 Å². The minimum absolute atomic E-state index is 0.0876. The van der Waals surface area contributed by atoms with E-state index in [1.54, 1.807) is 11.7 Å². The highest BCUT2D eigenvalue weighted by Crippen LogP contribution is 2.03. The first-order chi connectivity index (χ1) is 7.54. The Labute approximate surface area is 96.0 Å². The third kappa shape index (κ3) is 3.34. The molecule has 0 bridgehead atoms. The molecule has 1 aromatic rings. The summed E-state index contributed by atoms with van der Waals surface area (Å²) in [6.07, 6.45) is 1.62. The molecule has 3 N–H and O–H groups in total. The highest BCUT2D eigenvalue weighted by atomic mass is 16.2. The molecule has 0 aliphatic rings. The second-order valence-electron chi connectivity index (χ2n) is 4.02. The van der Waals surface area contributed by atoms with Crippen LogP contribution in [0.3, 0.4) is 0 Å². The monoisotopic (exact) mass is 224 g/mol. The summed E-state index contributed by atoms with van der Waals surface area (Å²) in [5.74, 6) is -0.0876. The molecule has 1 aromatic heterocycles. The summed E-state index contributed by atoms with van der Waals surface area (Å²) >= 11 is 0. The van der Waals surface area contributed by atoms with Crippen LogP contribution in [0.4, 0.5) is 0 Å². The number of nitrogens with two attached hydrogens (primary N) is 1. The van der Waals surface area contributed by atoms with Crippen molar-refractivity contribution < 1.29 is 4.79 Å². The zero-order valence-electron chi connectivity index (χ0n) is 10.2. The number of aryl methyl sites for hydroxylation is 2. The fourth-order valence-electron chi connectivity index (χ4n) is 1.42. The van der Waals surface area contributed by atoms with Crippen molar-refractivity contribution in [3.8, 4) is 0 Å². The lowest BCUT2D eigenvalue weighted by molar-refractivity contribution is 0.0943. The van der Waals surface area contributed by atoms with Gasteiger partial charge in [0.2, 0.25) is 0 Å². The van der Waals surface area contributed by atoms with Gasteiger partial charge in [-0.15, -0.1) is 0 Å². The number of hydrogen-bond acceptors (Lipinski definition) is 3. The average Bonchev–Trinajstić information content (AvgIpc) is 2.59.